The highest BCUT2D eigenvalue weighted by atomic mass is 16.5. The first-order valence-electron chi connectivity index (χ1n) is 8.26. The zero-order valence-corrected chi connectivity index (χ0v) is 13.9. The highest BCUT2D eigenvalue weighted by Gasteiger charge is 2.18. The van der Waals surface area contributed by atoms with E-state index in [0.29, 0.717) is 37.8 Å². The number of amides is 1. The Bertz CT molecular complexity index is 654. The molecule has 0 aliphatic carbocycles. The maximum Gasteiger partial charge on any atom is 0.257 e. The van der Waals surface area contributed by atoms with E-state index in [1.807, 2.05) is 37.3 Å². The molecular formula is C18H22N4O2. The van der Waals surface area contributed by atoms with Crippen molar-refractivity contribution in [3.63, 3.8) is 0 Å². The van der Waals surface area contributed by atoms with Crippen molar-refractivity contribution in [3.05, 3.63) is 53.9 Å². The van der Waals surface area contributed by atoms with Crippen molar-refractivity contribution in [1.82, 2.24) is 14.9 Å². The Hall–Kier alpha value is -2.47. The predicted molar refractivity (Wildman–Crippen MR) is 91.9 cm³/mol. The lowest BCUT2D eigenvalue weighted by Gasteiger charge is -2.26. The molecule has 0 unspecified atom stereocenters. The number of anilines is 1. The largest absolute Gasteiger partial charge is 0.378 e. The molecule has 0 spiro atoms. The van der Waals surface area contributed by atoms with Gasteiger partial charge in [0.15, 0.2) is 0 Å². The summed E-state index contributed by atoms with van der Waals surface area (Å²) in [5.41, 5.74) is 1.63. The van der Waals surface area contributed by atoms with E-state index in [0.717, 1.165) is 18.7 Å². The van der Waals surface area contributed by atoms with E-state index in [1.54, 1.807) is 17.3 Å². The van der Waals surface area contributed by atoms with Crippen molar-refractivity contribution in [2.24, 2.45) is 0 Å². The third-order valence-corrected chi connectivity index (χ3v) is 4.06. The van der Waals surface area contributed by atoms with Gasteiger partial charge in [0.2, 0.25) is 5.95 Å². The first-order chi connectivity index (χ1) is 11.8. The number of aromatic nitrogens is 2. The van der Waals surface area contributed by atoms with Gasteiger partial charge >= 0.3 is 0 Å². The number of carbonyl (C=O) groups excluding carboxylic acids is 1. The van der Waals surface area contributed by atoms with Crippen molar-refractivity contribution in [2.75, 3.05) is 37.7 Å². The Morgan fingerprint density at radius 2 is 1.83 bits per heavy atom. The van der Waals surface area contributed by atoms with E-state index in [9.17, 15) is 4.79 Å². The van der Waals surface area contributed by atoms with E-state index < -0.39 is 0 Å². The van der Waals surface area contributed by atoms with Gasteiger partial charge in [-0.2, -0.15) is 0 Å². The molecule has 1 aliphatic heterocycles. The summed E-state index contributed by atoms with van der Waals surface area (Å²) in [6, 6.07) is 9.98. The Morgan fingerprint density at radius 1 is 1.17 bits per heavy atom. The van der Waals surface area contributed by atoms with Gasteiger partial charge in [-0.25, -0.2) is 9.97 Å². The number of carbonyl (C=O) groups is 1. The summed E-state index contributed by atoms with van der Waals surface area (Å²) in [6.07, 6.45) is 3.24. The van der Waals surface area contributed by atoms with Crippen LogP contribution in [0.25, 0.3) is 0 Å². The Labute approximate surface area is 142 Å². The molecule has 0 atom stereocenters. The van der Waals surface area contributed by atoms with Crippen LogP contribution in [0.15, 0.2) is 42.7 Å². The van der Waals surface area contributed by atoms with Crippen LogP contribution in [0.4, 0.5) is 5.95 Å². The van der Waals surface area contributed by atoms with Gasteiger partial charge in [-0.05, 0) is 12.5 Å². The Balaban J connectivity index is 1.68. The smallest absolute Gasteiger partial charge is 0.257 e. The van der Waals surface area contributed by atoms with Crippen molar-refractivity contribution < 1.29 is 9.53 Å². The number of morpholine rings is 1. The van der Waals surface area contributed by atoms with Gasteiger partial charge in [0.05, 0.1) is 18.8 Å². The second-order valence-electron chi connectivity index (χ2n) is 5.68. The molecule has 1 aliphatic rings. The molecule has 2 aromatic rings. The summed E-state index contributed by atoms with van der Waals surface area (Å²) in [5.74, 6) is 0.607. The fourth-order valence-electron chi connectivity index (χ4n) is 2.67. The van der Waals surface area contributed by atoms with Crippen LogP contribution in [0.2, 0.25) is 0 Å². The SMILES string of the molecule is CCN(Cc1ccccc1)C(=O)c1cnc(N2CCOCC2)nc1. The molecular weight excluding hydrogens is 304 g/mol. The second kappa shape index (κ2) is 7.88. The number of ether oxygens (including phenoxy) is 1. The molecule has 126 valence electrons. The third kappa shape index (κ3) is 3.89. The van der Waals surface area contributed by atoms with Crippen molar-refractivity contribution >= 4 is 11.9 Å². The van der Waals surface area contributed by atoms with E-state index >= 15 is 0 Å². The molecule has 24 heavy (non-hydrogen) atoms. The van der Waals surface area contributed by atoms with Crippen LogP contribution in [0.3, 0.4) is 0 Å². The third-order valence-electron chi connectivity index (χ3n) is 4.06. The number of hydrogen-bond acceptors (Lipinski definition) is 5. The standard InChI is InChI=1S/C18H22N4O2/c1-2-21(14-15-6-4-3-5-7-15)17(23)16-12-19-18(20-13-16)22-8-10-24-11-9-22/h3-7,12-13H,2,8-11,14H2,1H3. The normalized spacial score (nSPS) is 14.5. The average Bonchev–Trinajstić information content (AvgIpc) is 2.67. The molecule has 0 saturated carbocycles. The molecule has 1 amide bonds. The Morgan fingerprint density at radius 3 is 2.46 bits per heavy atom. The van der Waals surface area contributed by atoms with Gasteiger partial charge in [-0.3, -0.25) is 4.79 Å². The molecule has 0 bridgehead atoms. The van der Waals surface area contributed by atoms with Crippen molar-refractivity contribution in [3.8, 4) is 0 Å². The first-order valence-corrected chi connectivity index (χ1v) is 8.26. The monoisotopic (exact) mass is 326 g/mol. The highest BCUT2D eigenvalue weighted by molar-refractivity contribution is 5.93. The fourth-order valence-corrected chi connectivity index (χ4v) is 2.67. The van der Waals surface area contributed by atoms with Gasteiger partial charge in [0, 0.05) is 38.6 Å². The molecule has 1 saturated heterocycles. The molecule has 2 heterocycles. The molecule has 3 rings (SSSR count). The minimum Gasteiger partial charge on any atom is -0.378 e. The molecule has 1 fully saturated rings. The summed E-state index contributed by atoms with van der Waals surface area (Å²) in [6.45, 7) is 6.13. The number of benzene rings is 1. The fraction of sp³-hybridized carbons (Fsp3) is 0.389. The number of hydrogen-bond donors (Lipinski definition) is 0. The summed E-state index contributed by atoms with van der Waals surface area (Å²) < 4.78 is 5.33. The van der Waals surface area contributed by atoms with Gasteiger partial charge in [0.25, 0.3) is 5.91 Å². The van der Waals surface area contributed by atoms with Gasteiger partial charge in [0.1, 0.15) is 0 Å². The Kier molecular flexibility index (Phi) is 5.38. The summed E-state index contributed by atoms with van der Waals surface area (Å²) in [5, 5.41) is 0. The zero-order valence-electron chi connectivity index (χ0n) is 13.9. The summed E-state index contributed by atoms with van der Waals surface area (Å²) in [4.78, 5) is 25.3. The molecule has 0 N–H and O–H groups in total. The van der Waals surface area contributed by atoms with E-state index in [1.165, 1.54) is 0 Å². The van der Waals surface area contributed by atoms with Crippen molar-refractivity contribution in [1.29, 1.82) is 0 Å². The molecule has 1 aromatic heterocycles. The lowest BCUT2D eigenvalue weighted by atomic mass is 10.2. The zero-order chi connectivity index (χ0) is 16.8. The summed E-state index contributed by atoms with van der Waals surface area (Å²) >= 11 is 0. The van der Waals surface area contributed by atoms with Crippen LogP contribution in [0, 0.1) is 0 Å². The quantitative estimate of drug-likeness (QED) is 0.841. The summed E-state index contributed by atoms with van der Waals surface area (Å²) in [7, 11) is 0. The molecule has 0 radical (unpaired) electrons. The predicted octanol–water partition coefficient (Wildman–Crippen LogP) is 1.98. The van der Waals surface area contributed by atoms with Crippen LogP contribution >= 0.6 is 0 Å². The maximum atomic E-state index is 12.7. The topological polar surface area (TPSA) is 58.6 Å². The van der Waals surface area contributed by atoms with Crippen LogP contribution in [-0.2, 0) is 11.3 Å². The van der Waals surface area contributed by atoms with Crippen LogP contribution in [-0.4, -0.2) is 53.6 Å². The van der Waals surface area contributed by atoms with Crippen LogP contribution < -0.4 is 4.90 Å². The minimum atomic E-state index is -0.0464. The first kappa shape index (κ1) is 16.4. The molecule has 1 aromatic carbocycles. The highest BCUT2D eigenvalue weighted by Crippen LogP contribution is 2.12. The number of rotatable bonds is 5. The average molecular weight is 326 g/mol. The number of nitrogens with zero attached hydrogens (tertiary/aromatic N) is 4. The maximum absolute atomic E-state index is 12.7. The molecule has 6 heteroatoms. The lowest BCUT2D eigenvalue weighted by Crippen LogP contribution is -2.37. The lowest BCUT2D eigenvalue weighted by molar-refractivity contribution is 0.0751. The second-order valence-corrected chi connectivity index (χ2v) is 5.68. The van der Waals surface area contributed by atoms with E-state index in [4.69, 9.17) is 4.74 Å². The van der Waals surface area contributed by atoms with E-state index in [-0.39, 0.29) is 5.91 Å². The van der Waals surface area contributed by atoms with Gasteiger partial charge in [-0.1, -0.05) is 30.3 Å². The van der Waals surface area contributed by atoms with Gasteiger partial charge in [-0.15, -0.1) is 0 Å². The van der Waals surface area contributed by atoms with E-state index in [2.05, 4.69) is 14.9 Å². The molecule has 6 nitrogen and oxygen atoms in total. The van der Waals surface area contributed by atoms with Crippen LogP contribution in [0.5, 0.6) is 0 Å². The van der Waals surface area contributed by atoms with Crippen molar-refractivity contribution in [2.45, 2.75) is 13.5 Å². The van der Waals surface area contributed by atoms with Gasteiger partial charge < -0.3 is 14.5 Å². The minimum absolute atomic E-state index is 0.0464. The van der Waals surface area contributed by atoms with Crippen LogP contribution in [0.1, 0.15) is 22.8 Å².